The molecular formula is C16H18FN3O4. The topological polar surface area (TPSA) is 83.8 Å². The fourth-order valence-corrected chi connectivity index (χ4v) is 3.06. The standard InChI is InChI=1S/C16H18FN3O4/c1-10(21)11-2-3-14(13(17)8-11)18-4-6-19(7-5-18)16(22)12-9-15(12)20(23)24/h2-3,8,12,15H,4-7,9H2,1H3. The van der Waals surface area contributed by atoms with Gasteiger partial charge in [0.25, 0.3) is 0 Å². The quantitative estimate of drug-likeness (QED) is 0.471. The molecule has 2 unspecified atom stereocenters. The highest BCUT2D eigenvalue weighted by Gasteiger charge is 2.54. The molecule has 1 saturated heterocycles. The van der Waals surface area contributed by atoms with Crippen molar-refractivity contribution in [1.29, 1.82) is 0 Å². The van der Waals surface area contributed by atoms with E-state index in [-0.39, 0.29) is 11.7 Å². The molecule has 24 heavy (non-hydrogen) atoms. The summed E-state index contributed by atoms with van der Waals surface area (Å²) < 4.78 is 14.2. The molecule has 0 bridgehead atoms. The molecule has 0 aromatic heterocycles. The Morgan fingerprint density at radius 3 is 2.42 bits per heavy atom. The molecular weight excluding hydrogens is 317 g/mol. The summed E-state index contributed by atoms with van der Waals surface area (Å²) in [6.45, 7) is 3.12. The number of halogens is 1. The smallest absolute Gasteiger partial charge is 0.233 e. The number of ketones is 1. The van der Waals surface area contributed by atoms with E-state index in [9.17, 15) is 24.1 Å². The van der Waals surface area contributed by atoms with Gasteiger partial charge in [-0.2, -0.15) is 0 Å². The van der Waals surface area contributed by atoms with Gasteiger partial charge in [-0.3, -0.25) is 19.7 Å². The number of piperazine rings is 1. The van der Waals surface area contributed by atoms with Crippen molar-refractivity contribution in [2.45, 2.75) is 19.4 Å². The largest absolute Gasteiger partial charge is 0.366 e. The summed E-state index contributed by atoms with van der Waals surface area (Å²) in [7, 11) is 0. The lowest BCUT2D eigenvalue weighted by molar-refractivity contribution is -0.497. The number of hydrogen-bond donors (Lipinski definition) is 0. The minimum Gasteiger partial charge on any atom is -0.366 e. The zero-order chi connectivity index (χ0) is 17.4. The number of carbonyl (C=O) groups excluding carboxylic acids is 2. The number of rotatable bonds is 4. The Balaban J connectivity index is 1.60. The van der Waals surface area contributed by atoms with Gasteiger partial charge in [0.05, 0.1) is 5.69 Å². The van der Waals surface area contributed by atoms with E-state index < -0.39 is 22.7 Å². The van der Waals surface area contributed by atoms with Crippen LogP contribution in [0, 0.1) is 21.8 Å². The van der Waals surface area contributed by atoms with E-state index in [1.165, 1.54) is 13.0 Å². The van der Waals surface area contributed by atoms with Gasteiger partial charge in [-0.25, -0.2) is 4.39 Å². The molecule has 1 aliphatic heterocycles. The van der Waals surface area contributed by atoms with Gasteiger partial charge in [-0.15, -0.1) is 0 Å². The molecule has 1 aromatic carbocycles. The highest BCUT2D eigenvalue weighted by Crippen LogP contribution is 2.35. The molecule has 0 spiro atoms. The molecule has 0 radical (unpaired) electrons. The molecule has 1 aromatic rings. The number of carbonyl (C=O) groups is 2. The zero-order valence-corrected chi connectivity index (χ0v) is 13.3. The van der Waals surface area contributed by atoms with Crippen LogP contribution in [0.1, 0.15) is 23.7 Å². The monoisotopic (exact) mass is 335 g/mol. The van der Waals surface area contributed by atoms with E-state index in [2.05, 4.69) is 0 Å². The van der Waals surface area contributed by atoms with Crippen LogP contribution in [0.4, 0.5) is 10.1 Å². The van der Waals surface area contributed by atoms with Gasteiger partial charge >= 0.3 is 0 Å². The molecule has 1 aliphatic carbocycles. The molecule has 3 rings (SSSR count). The first-order chi connectivity index (χ1) is 11.4. The van der Waals surface area contributed by atoms with E-state index in [4.69, 9.17) is 0 Å². The van der Waals surface area contributed by atoms with Gasteiger partial charge in [0, 0.05) is 43.1 Å². The van der Waals surface area contributed by atoms with Crippen LogP contribution >= 0.6 is 0 Å². The van der Waals surface area contributed by atoms with Crippen LogP contribution in [0.5, 0.6) is 0 Å². The van der Waals surface area contributed by atoms with Crippen LogP contribution in [0.3, 0.4) is 0 Å². The van der Waals surface area contributed by atoms with Crippen LogP contribution in [0.25, 0.3) is 0 Å². The third kappa shape index (κ3) is 3.08. The maximum atomic E-state index is 14.2. The highest BCUT2D eigenvalue weighted by atomic mass is 19.1. The second-order valence-electron chi connectivity index (χ2n) is 6.23. The average Bonchev–Trinajstić information content (AvgIpc) is 3.35. The molecule has 2 atom stereocenters. The van der Waals surface area contributed by atoms with Crippen LogP contribution in [0.15, 0.2) is 18.2 Å². The predicted octanol–water partition coefficient (Wildman–Crippen LogP) is 1.34. The second-order valence-corrected chi connectivity index (χ2v) is 6.23. The van der Waals surface area contributed by atoms with Crippen LogP contribution in [-0.2, 0) is 4.79 Å². The SMILES string of the molecule is CC(=O)c1ccc(N2CCN(C(=O)C3CC3[N+](=O)[O-])CC2)c(F)c1. The van der Waals surface area contributed by atoms with E-state index in [0.717, 1.165) is 0 Å². The second kappa shape index (κ2) is 6.18. The molecule has 1 saturated carbocycles. The third-order valence-electron chi connectivity index (χ3n) is 4.63. The number of hydrogen-bond acceptors (Lipinski definition) is 5. The fraction of sp³-hybridized carbons (Fsp3) is 0.500. The lowest BCUT2D eigenvalue weighted by atomic mass is 10.1. The van der Waals surface area contributed by atoms with Crippen LogP contribution in [0.2, 0.25) is 0 Å². The van der Waals surface area contributed by atoms with Crippen molar-refractivity contribution in [2.24, 2.45) is 5.92 Å². The number of amides is 1. The van der Waals surface area contributed by atoms with Crippen molar-refractivity contribution >= 4 is 17.4 Å². The lowest BCUT2D eigenvalue weighted by Gasteiger charge is -2.36. The van der Waals surface area contributed by atoms with Crippen molar-refractivity contribution in [1.82, 2.24) is 4.90 Å². The summed E-state index contributed by atoms with van der Waals surface area (Å²) in [5.74, 6) is -1.33. The number of nitrogens with zero attached hydrogens (tertiary/aromatic N) is 3. The Bertz CT molecular complexity index is 701. The lowest BCUT2D eigenvalue weighted by Crippen LogP contribution is -2.49. The Labute approximate surface area is 138 Å². The van der Waals surface area contributed by atoms with Gasteiger partial charge in [0.1, 0.15) is 11.7 Å². The minimum atomic E-state index is -0.743. The van der Waals surface area contributed by atoms with Crippen molar-refractivity contribution in [3.8, 4) is 0 Å². The molecule has 1 heterocycles. The maximum Gasteiger partial charge on any atom is 0.233 e. The molecule has 1 amide bonds. The average molecular weight is 335 g/mol. The molecule has 7 nitrogen and oxygen atoms in total. The molecule has 2 fully saturated rings. The first-order valence-corrected chi connectivity index (χ1v) is 7.86. The van der Waals surface area contributed by atoms with Gasteiger partial charge in [0.15, 0.2) is 5.78 Å². The number of anilines is 1. The van der Waals surface area contributed by atoms with E-state index in [1.54, 1.807) is 17.0 Å². The normalized spacial score (nSPS) is 23.1. The molecule has 128 valence electrons. The van der Waals surface area contributed by atoms with Crippen molar-refractivity contribution in [3.05, 3.63) is 39.7 Å². The fourth-order valence-electron chi connectivity index (χ4n) is 3.06. The van der Waals surface area contributed by atoms with Gasteiger partial charge in [-0.1, -0.05) is 0 Å². The summed E-state index contributed by atoms with van der Waals surface area (Å²) in [5.41, 5.74) is 0.728. The highest BCUT2D eigenvalue weighted by molar-refractivity contribution is 5.94. The van der Waals surface area contributed by atoms with Gasteiger partial charge < -0.3 is 9.80 Å². The zero-order valence-electron chi connectivity index (χ0n) is 13.3. The summed E-state index contributed by atoms with van der Waals surface area (Å²) in [6, 6.07) is 3.64. The Morgan fingerprint density at radius 2 is 1.92 bits per heavy atom. The third-order valence-corrected chi connectivity index (χ3v) is 4.63. The van der Waals surface area contributed by atoms with Crippen LogP contribution in [-0.4, -0.2) is 53.7 Å². The van der Waals surface area contributed by atoms with Gasteiger partial charge in [-0.05, 0) is 25.1 Å². The number of Topliss-reactive ketones (excluding diaryl/α,β-unsaturated/α-hetero) is 1. The number of nitro groups is 1. The van der Waals surface area contributed by atoms with E-state index in [1.807, 2.05) is 4.90 Å². The summed E-state index contributed by atoms with van der Waals surface area (Å²) in [6.07, 6.45) is 0.313. The number of benzene rings is 1. The maximum absolute atomic E-state index is 14.2. The van der Waals surface area contributed by atoms with E-state index in [0.29, 0.717) is 43.9 Å². The van der Waals surface area contributed by atoms with Crippen molar-refractivity contribution < 1.29 is 18.9 Å². The summed E-state index contributed by atoms with van der Waals surface area (Å²) in [4.78, 5) is 37.2. The first-order valence-electron chi connectivity index (χ1n) is 7.86. The van der Waals surface area contributed by atoms with E-state index >= 15 is 0 Å². The Kier molecular flexibility index (Phi) is 4.21. The van der Waals surface area contributed by atoms with Crippen molar-refractivity contribution in [2.75, 3.05) is 31.1 Å². The minimum absolute atomic E-state index is 0.177. The first kappa shape index (κ1) is 16.4. The molecule has 0 N–H and O–H groups in total. The predicted molar refractivity (Wildman–Crippen MR) is 84.1 cm³/mol. The van der Waals surface area contributed by atoms with Crippen LogP contribution < -0.4 is 4.90 Å². The Morgan fingerprint density at radius 1 is 1.25 bits per heavy atom. The van der Waals surface area contributed by atoms with Gasteiger partial charge in [0.2, 0.25) is 11.9 Å². The molecule has 8 heteroatoms. The summed E-state index contributed by atoms with van der Waals surface area (Å²) >= 11 is 0. The Hall–Kier alpha value is -2.51. The molecule has 2 aliphatic rings. The van der Waals surface area contributed by atoms with Crippen molar-refractivity contribution in [3.63, 3.8) is 0 Å². The summed E-state index contributed by atoms with van der Waals surface area (Å²) in [5, 5.41) is 10.7.